The van der Waals surface area contributed by atoms with Gasteiger partial charge in [-0.1, -0.05) is 17.7 Å². The van der Waals surface area contributed by atoms with Crippen molar-refractivity contribution >= 4 is 17.6 Å². The Bertz CT molecular complexity index is 929. The second-order valence-corrected chi connectivity index (χ2v) is 6.46. The largest absolute Gasteiger partial charge is 0.497 e. The molecule has 3 aromatic rings. The number of carboxylic acids is 1. The van der Waals surface area contributed by atoms with E-state index in [1.54, 1.807) is 7.11 Å². The van der Waals surface area contributed by atoms with Gasteiger partial charge in [-0.15, -0.1) is 0 Å². The minimum absolute atomic E-state index is 0.0751. The zero-order chi connectivity index (χ0) is 18.7. The van der Waals surface area contributed by atoms with Crippen molar-refractivity contribution < 1.29 is 14.6 Å². The number of hydrogen-bond acceptors (Lipinski definition) is 2. The fourth-order valence-electron chi connectivity index (χ4n) is 3.02. The Hall–Kier alpha value is -2.72. The Kier molecular flexibility index (Phi) is 5.33. The smallest absolute Gasteiger partial charge is 0.303 e. The number of aromatic nitrogens is 1. The summed E-state index contributed by atoms with van der Waals surface area (Å²) in [6.45, 7) is 1.97. The molecular formula is C21H20ClNO3. The summed E-state index contributed by atoms with van der Waals surface area (Å²) in [4.78, 5) is 11.0. The molecule has 134 valence electrons. The van der Waals surface area contributed by atoms with Gasteiger partial charge in [0, 0.05) is 10.7 Å². The lowest BCUT2D eigenvalue weighted by atomic mass is 10.1. The topological polar surface area (TPSA) is 51.5 Å². The van der Waals surface area contributed by atoms with E-state index in [4.69, 9.17) is 21.4 Å². The Morgan fingerprint density at radius 1 is 1.12 bits per heavy atom. The number of ether oxygens (including phenoxy) is 1. The zero-order valence-electron chi connectivity index (χ0n) is 14.7. The second-order valence-electron chi connectivity index (χ2n) is 6.05. The van der Waals surface area contributed by atoms with E-state index in [9.17, 15) is 4.79 Å². The SMILES string of the molecule is COc1ccc(-c2ccc(CCC(=O)O)n2-c2cccc(Cl)c2C)cc1. The zero-order valence-corrected chi connectivity index (χ0v) is 15.5. The molecule has 0 saturated heterocycles. The number of rotatable bonds is 6. The van der Waals surface area contributed by atoms with Crippen molar-refractivity contribution in [2.75, 3.05) is 7.11 Å². The molecule has 1 N–H and O–H groups in total. The predicted molar refractivity (Wildman–Crippen MR) is 103 cm³/mol. The van der Waals surface area contributed by atoms with Crippen LogP contribution in [0.5, 0.6) is 5.75 Å². The normalized spacial score (nSPS) is 10.7. The molecule has 1 aromatic heterocycles. The number of halogens is 1. The third-order valence-corrected chi connectivity index (χ3v) is 4.83. The van der Waals surface area contributed by atoms with Crippen molar-refractivity contribution in [3.8, 4) is 22.7 Å². The Labute approximate surface area is 157 Å². The summed E-state index contributed by atoms with van der Waals surface area (Å²) in [5.74, 6) is -0.0246. The van der Waals surface area contributed by atoms with Crippen molar-refractivity contribution in [2.45, 2.75) is 19.8 Å². The van der Waals surface area contributed by atoms with Gasteiger partial charge in [-0.25, -0.2) is 0 Å². The number of carbonyl (C=O) groups is 1. The average Bonchev–Trinajstić information content (AvgIpc) is 3.06. The molecule has 0 bridgehead atoms. The summed E-state index contributed by atoms with van der Waals surface area (Å²) in [5.41, 5.74) is 4.85. The molecule has 0 atom stereocenters. The van der Waals surface area contributed by atoms with Crippen LogP contribution in [0.2, 0.25) is 5.02 Å². The summed E-state index contributed by atoms with van der Waals surface area (Å²) in [7, 11) is 1.64. The summed E-state index contributed by atoms with van der Waals surface area (Å²) < 4.78 is 7.32. The van der Waals surface area contributed by atoms with Crippen LogP contribution < -0.4 is 4.74 Å². The van der Waals surface area contributed by atoms with Gasteiger partial charge in [0.25, 0.3) is 0 Å². The third kappa shape index (κ3) is 3.60. The van der Waals surface area contributed by atoms with Gasteiger partial charge >= 0.3 is 5.97 Å². The molecule has 0 unspecified atom stereocenters. The maximum atomic E-state index is 11.0. The number of benzene rings is 2. The van der Waals surface area contributed by atoms with Gasteiger partial charge in [-0.2, -0.15) is 0 Å². The number of aliphatic carboxylic acids is 1. The van der Waals surface area contributed by atoms with Gasteiger partial charge in [0.15, 0.2) is 0 Å². The Morgan fingerprint density at radius 2 is 1.85 bits per heavy atom. The van der Waals surface area contributed by atoms with Crippen molar-refractivity contribution in [1.82, 2.24) is 4.57 Å². The maximum Gasteiger partial charge on any atom is 0.303 e. The molecule has 3 rings (SSSR count). The van der Waals surface area contributed by atoms with Crippen LogP contribution in [0.3, 0.4) is 0 Å². The van der Waals surface area contributed by atoms with E-state index in [1.165, 1.54) is 0 Å². The van der Waals surface area contributed by atoms with Crippen LogP contribution in [-0.2, 0) is 11.2 Å². The average molecular weight is 370 g/mol. The molecule has 0 amide bonds. The quantitative estimate of drug-likeness (QED) is 0.655. The number of methoxy groups -OCH3 is 1. The van der Waals surface area contributed by atoms with Gasteiger partial charge in [0.1, 0.15) is 5.75 Å². The highest BCUT2D eigenvalue weighted by Gasteiger charge is 2.15. The first-order valence-corrected chi connectivity index (χ1v) is 8.71. The second kappa shape index (κ2) is 7.67. The fraction of sp³-hybridized carbons (Fsp3) is 0.190. The number of hydrogen-bond donors (Lipinski definition) is 1. The van der Waals surface area contributed by atoms with E-state index in [0.29, 0.717) is 11.4 Å². The summed E-state index contributed by atoms with van der Waals surface area (Å²) in [5, 5.41) is 9.75. The van der Waals surface area contributed by atoms with Crippen molar-refractivity contribution in [3.63, 3.8) is 0 Å². The molecule has 1 heterocycles. The highest BCUT2D eigenvalue weighted by Crippen LogP contribution is 2.32. The molecule has 5 heteroatoms. The highest BCUT2D eigenvalue weighted by molar-refractivity contribution is 6.31. The molecule has 2 aromatic carbocycles. The van der Waals surface area contributed by atoms with Crippen LogP contribution in [-0.4, -0.2) is 22.8 Å². The Balaban J connectivity index is 2.15. The standard InChI is InChI=1S/C21H20ClNO3/c1-14-18(22)4-3-5-19(14)23-16(9-13-21(24)25)8-12-20(23)15-6-10-17(26-2)11-7-15/h3-8,10-12H,9,13H2,1-2H3,(H,24,25). The molecule has 0 fully saturated rings. The summed E-state index contributed by atoms with van der Waals surface area (Å²) in [6, 6.07) is 17.6. The van der Waals surface area contributed by atoms with Crippen molar-refractivity contribution in [1.29, 1.82) is 0 Å². The highest BCUT2D eigenvalue weighted by atomic mass is 35.5. The monoisotopic (exact) mass is 369 g/mol. The van der Waals surface area contributed by atoms with Gasteiger partial charge in [0.2, 0.25) is 0 Å². The van der Waals surface area contributed by atoms with Crippen LogP contribution in [0.4, 0.5) is 0 Å². The minimum atomic E-state index is -0.813. The Morgan fingerprint density at radius 3 is 2.50 bits per heavy atom. The van der Waals surface area contributed by atoms with Crippen LogP contribution >= 0.6 is 11.6 Å². The minimum Gasteiger partial charge on any atom is -0.497 e. The van der Waals surface area contributed by atoms with Gasteiger partial charge in [0.05, 0.1) is 24.9 Å². The lowest BCUT2D eigenvalue weighted by molar-refractivity contribution is -0.136. The van der Waals surface area contributed by atoms with Crippen LogP contribution in [0, 0.1) is 6.92 Å². The third-order valence-electron chi connectivity index (χ3n) is 4.42. The molecule has 0 spiro atoms. The van der Waals surface area contributed by atoms with E-state index in [0.717, 1.165) is 34.0 Å². The van der Waals surface area contributed by atoms with E-state index in [1.807, 2.05) is 61.5 Å². The molecule has 0 radical (unpaired) electrons. The maximum absolute atomic E-state index is 11.0. The molecule has 4 nitrogen and oxygen atoms in total. The van der Waals surface area contributed by atoms with Crippen LogP contribution in [0.15, 0.2) is 54.6 Å². The van der Waals surface area contributed by atoms with Gasteiger partial charge < -0.3 is 14.4 Å². The van der Waals surface area contributed by atoms with E-state index >= 15 is 0 Å². The lowest BCUT2D eigenvalue weighted by Gasteiger charge is -2.17. The molecular weight excluding hydrogens is 350 g/mol. The summed E-state index contributed by atoms with van der Waals surface area (Å²) in [6.07, 6.45) is 0.517. The van der Waals surface area contributed by atoms with E-state index in [-0.39, 0.29) is 6.42 Å². The molecule has 0 aliphatic heterocycles. The lowest BCUT2D eigenvalue weighted by Crippen LogP contribution is -2.06. The van der Waals surface area contributed by atoms with Gasteiger partial charge in [-0.3, -0.25) is 4.79 Å². The van der Waals surface area contributed by atoms with Crippen LogP contribution in [0.1, 0.15) is 17.7 Å². The van der Waals surface area contributed by atoms with Crippen molar-refractivity contribution in [3.05, 3.63) is 70.9 Å². The molecule has 0 aliphatic rings. The first-order chi connectivity index (χ1) is 12.5. The van der Waals surface area contributed by atoms with E-state index in [2.05, 4.69) is 4.57 Å². The first-order valence-electron chi connectivity index (χ1n) is 8.33. The number of carboxylic acid groups (broad SMARTS) is 1. The van der Waals surface area contributed by atoms with Crippen LogP contribution in [0.25, 0.3) is 16.9 Å². The number of nitrogens with zero attached hydrogens (tertiary/aromatic N) is 1. The first kappa shape index (κ1) is 18.1. The van der Waals surface area contributed by atoms with E-state index < -0.39 is 5.97 Å². The fourth-order valence-corrected chi connectivity index (χ4v) is 3.19. The molecule has 0 aliphatic carbocycles. The number of aryl methyl sites for hydroxylation is 1. The van der Waals surface area contributed by atoms with Crippen molar-refractivity contribution in [2.24, 2.45) is 0 Å². The molecule has 26 heavy (non-hydrogen) atoms. The van der Waals surface area contributed by atoms with Gasteiger partial charge in [-0.05, 0) is 73.0 Å². The summed E-state index contributed by atoms with van der Waals surface area (Å²) >= 11 is 6.32. The predicted octanol–water partition coefficient (Wildman–Crippen LogP) is 5.13. The molecule has 0 saturated carbocycles.